The maximum atomic E-state index is 13.3. The second-order valence-electron chi connectivity index (χ2n) is 8.08. The van der Waals surface area contributed by atoms with Gasteiger partial charge in [-0.15, -0.1) is 0 Å². The first-order valence-corrected chi connectivity index (χ1v) is 14.3. The topological polar surface area (TPSA) is 88.1 Å². The molecule has 1 N–H and O–H groups in total. The van der Waals surface area contributed by atoms with Crippen molar-refractivity contribution in [2.45, 2.75) is 11.5 Å². The Bertz CT molecular complexity index is 1510. The highest BCUT2D eigenvalue weighted by atomic mass is 127. The number of hydrazone groups is 1. The molecule has 0 fully saturated rings. The summed E-state index contributed by atoms with van der Waals surface area (Å²) in [6.07, 6.45) is 1.47. The summed E-state index contributed by atoms with van der Waals surface area (Å²) in [5.41, 5.74) is 4.47. The molecule has 0 atom stereocenters. The summed E-state index contributed by atoms with van der Waals surface area (Å²) in [5.74, 6) is 0.0891. The predicted molar refractivity (Wildman–Crippen MR) is 158 cm³/mol. The minimum absolute atomic E-state index is 0.0903. The number of carbonyl (C=O) groups excluding carboxylic acids is 1. The lowest BCUT2D eigenvalue weighted by Gasteiger charge is -2.23. The van der Waals surface area contributed by atoms with E-state index in [1.165, 1.54) is 18.3 Å². The molecule has 10 heteroatoms. The number of anilines is 1. The maximum absolute atomic E-state index is 13.3. The normalized spacial score (nSPS) is 11.3. The first-order valence-electron chi connectivity index (χ1n) is 11.4. The zero-order valence-electron chi connectivity index (χ0n) is 20.0. The molecule has 4 aromatic carbocycles. The molecular formula is C28H23ClIN3O4S. The van der Waals surface area contributed by atoms with Gasteiger partial charge in [-0.05, 0) is 107 Å². The highest BCUT2D eigenvalue weighted by Crippen LogP contribution is 2.24. The molecule has 4 aromatic rings. The number of sulfonamides is 1. The van der Waals surface area contributed by atoms with E-state index < -0.39 is 22.5 Å². The van der Waals surface area contributed by atoms with Gasteiger partial charge < -0.3 is 4.74 Å². The number of nitrogens with one attached hydrogen (secondary N) is 1. The van der Waals surface area contributed by atoms with Gasteiger partial charge in [0.1, 0.15) is 18.9 Å². The largest absolute Gasteiger partial charge is 0.489 e. The summed E-state index contributed by atoms with van der Waals surface area (Å²) >= 11 is 8.13. The summed E-state index contributed by atoms with van der Waals surface area (Å²) in [7, 11) is -3.98. The quantitative estimate of drug-likeness (QED) is 0.131. The van der Waals surface area contributed by atoms with Crippen molar-refractivity contribution in [1.29, 1.82) is 0 Å². The van der Waals surface area contributed by atoms with E-state index in [-0.39, 0.29) is 4.90 Å². The van der Waals surface area contributed by atoms with Crippen LogP contribution >= 0.6 is 34.2 Å². The van der Waals surface area contributed by atoms with Gasteiger partial charge in [0.05, 0.1) is 16.8 Å². The Balaban J connectivity index is 1.39. The Labute approximate surface area is 240 Å². The number of benzene rings is 4. The molecular weight excluding hydrogens is 637 g/mol. The number of ether oxygens (including phenoxy) is 1. The molecule has 0 unspecified atom stereocenters. The van der Waals surface area contributed by atoms with Crippen LogP contribution < -0.4 is 14.5 Å². The summed E-state index contributed by atoms with van der Waals surface area (Å²) < 4.78 is 34.4. The molecule has 0 aliphatic carbocycles. The standard InChI is InChI=1S/C28H23ClIN3O4S/c29-23-6-4-5-22(17-23)20-37-26-15-9-21(10-16-26)18-31-32-28(34)19-33(25-13-11-24(30)12-14-25)38(35,36)27-7-2-1-3-8-27/h1-18H,19-20H2,(H,32,34)/b31-18-. The minimum Gasteiger partial charge on any atom is -0.489 e. The van der Waals surface area contributed by atoms with Crippen LogP contribution in [-0.2, 0) is 21.4 Å². The Morgan fingerprint density at radius 3 is 2.34 bits per heavy atom. The highest BCUT2D eigenvalue weighted by molar-refractivity contribution is 14.1. The fourth-order valence-electron chi connectivity index (χ4n) is 3.43. The minimum atomic E-state index is -3.98. The lowest BCUT2D eigenvalue weighted by molar-refractivity contribution is -0.119. The lowest BCUT2D eigenvalue weighted by atomic mass is 10.2. The molecule has 0 spiro atoms. The Hall–Kier alpha value is -3.41. The fourth-order valence-corrected chi connectivity index (χ4v) is 5.44. The van der Waals surface area contributed by atoms with Gasteiger partial charge in [0.2, 0.25) is 0 Å². The zero-order chi connectivity index (χ0) is 27.0. The van der Waals surface area contributed by atoms with Gasteiger partial charge in [-0.25, -0.2) is 13.8 Å². The summed E-state index contributed by atoms with van der Waals surface area (Å²) in [6.45, 7) is -0.0571. The summed E-state index contributed by atoms with van der Waals surface area (Å²) in [4.78, 5) is 12.8. The molecule has 1 amide bonds. The zero-order valence-corrected chi connectivity index (χ0v) is 23.7. The average Bonchev–Trinajstić information content (AvgIpc) is 2.92. The Morgan fingerprint density at radius 2 is 1.66 bits per heavy atom. The number of rotatable bonds is 10. The van der Waals surface area contributed by atoms with Gasteiger partial charge >= 0.3 is 0 Å². The Kier molecular flexibility index (Phi) is 9.38. The molecule has 0 aromatic heterocycles. The second kappa shape index (κ2) is 12.9. The van der Waals surface area contributed by atoms with Crippen molar-refractivity contribution in [2.75, 3.05) is 10.8 Å². The van der Waals surface area contributed by atoms with Crippen LogP contribution in [0.5, 0.6) is 5.75 Å². The van der Waals surface area contributed by atoms with E-state index in [1.807, 2.05) is 18.2 Å². The first kappa shape index (κ1) is 27.6. The van der Waals surface area contributed by atoms with Crippen LogP contribution in [0.25, 0.3) is 0 Å². The van der Waals surface area contributed by atoms with Gasteiger partial charge in [0, 0.05) is 8.59 Å². The van der Waals surface area contributed by atoms with E-state index >= 15 is 0 Å². The van der Waals surface area contributed by atoms with Crippen molar-refractivity contribution < 1.29 is 17.9 Å². The molecule has 0 radical (unpaired) electrons. The molecule has 0 aliphatic rings. The van der Waals surface area contributed by atoms with Crippen LogP contribution in [0.15, 0.2) is 113 Å². The molecule has 0 heterocycles. The van der Waals surface area contributed by atoms with Crippen LogP contribution in [0.4, 0.5) is 5.69 Å². The van der Waals surface area contributed by atoms with E-state index in [2.05, 4.69) is 33.1 Å². The third kappa shape index (κ3) is 7.56. The SMILES string of the molecule is O=C(CN(c1ccc(I)cc1)S(=O)(=O)c1ccccc1)N/N=C\c1ccc(OCc2cccc(Cl)c2)cc1. The number of hydrogen-bond acceptors (Lipinski definition) is 5. The molecule has 0 bridgehead atoms. The van der Waals surface area contributed by atoms with E-state index in [0.29, 0.717) is 23.1 Å². The third-order valence-electron chi connectivity index (χ3n) is 5.31. The van der Waals surface area contributed by atoms with Gasteiger partial charge in [-0.2, -0.15) is 5.10 Å². The van der Waals surface area contributed by atoms with Crippen LogP contribution in [0.1, 0.15) is 11.1 Å². The van der Waals surface area contributed by atoms with Gasteiger partial charge in [-0.3, -0.25) is 9.10 Å². The highest BCUT2D eigenvalue weighted by Gasteiger charge is 2.27. The van der Waals surface area contributed by atoms with E-state index in [4.69, 9.17) is 16.3 Å². The number of carbonyl (C=O) groups is 1. The number of nitrogens with zero attached hydrogens (tertiary/aromatic N) is 2. The Morgan fingerprint density at radius 1 is 0.947 bits per heavy atom. The number of halogens is 2. The smallest absolute Gasteiger partial charge is 0.264 e. The number of amides is 1. The van der Waals surface area contributed by atoms with Crippen LogP contribution in [-0.4, -0.2) is 27.1 Å². The van der Waals surface area contributed by atoms with E-state index in [0.717, 1.165) is 19.0 Å². The van der Waals surface area contributed by atoms with E-state index in [1.54, 1.807) is 72.8 Å². The summed E-state index contributed by atoms with van der Waals surface area (Å²) in [6, 6.07) is 29.5. The monoisotopic (exact) mass is 659 g/mol. The van der Waals surface area contributed by atoms with Gasteiger partial charge in [-0.1, -0.05) is 41.9 Å². The summed E-state index contributed by atoms with van der Waals surface area (Å²) in [5, 5.41) is 4.64. The average molecular weight is 660 g/mol. The molecule has 0 aliphatic heterocycles. The molecule has 7 nitrogen and oxygen atoms in total. The fraction of sp³-hybridized carbons (Fsp3) is 0.0714. The van der Waals surface area contributed by atoms with Crippen LogP contribution in [0.3, 0.4) is 0 Å². The van der Waals surface area contributed by atoms with Crippen molar-refractivity contribution in [3.8, 4) is 5.75 Å². The number of hydrogen-bond donors (Lipinski definition) is 1. The third-order valence-corrected chi connectivity index (χ3v) is 8.05. The van der Waals surface area contributed by atoms with Crippen molar-refractivity contribution in [3.05, 3.63) is 123 Å². The maximum Gasteiger partial charge on any atom is 0.264 e. The lowest BCUT2D eigenvalue weighted by Crippen LogP contribution is -2.39. The molecule has 38 heavy (non-hydrogen) atoms. The van der Waals surface area contributed by atoms with Crippen LogP contribution in [0.2, 0.25) is 5.02 Å². The molecule has 0 saturated carbocycles. The van der Waals surface area contributed by atoms with Crippen LogP contribution in [0, 0.1) is 3.57 Å². The predicted octanol–water partition coefficient (Wildman–Crippen LogP) is 5.87. The second-order valence-corrected chi connectivity index (χ2v) is 11.6. The molecule has 194 valence electrons. The first-order chi connectivity index (χ1) is 18.3. The van der Waals surface area contributed by atoms with Crippen molar-refractivity contribution in [3.63, 3.8) is 0 Å². The van der Waals surface area contributed by atoms with Crippen molar-refractivity contribution in [1.82, 2.24) is 5.43 Å². The molecule has 0 saturated heterocycles. The van der Waals surface area contributed by atoms with Crippen molar-refractivity contribution in [2.24, 2.45) is 5.10 Å². The molecule has 4 rings (SSSR count). The van der Waals surface area contributed by atoms with Crippen molar-refractivity contribution >= 4 is 62.0 Å². The van der Waals surface area contributed by atoms with E-state index in [9.17, 15) is 13.2 Å². The van der Waals surface area contributed by atoms with Gasteiger partial charge in [0.25, 0.3) is 15.9 Å². The van der Waals surface area contributed by atoms with Gasteiger partial charge in [0.15, 0.2) is 0 Å².